The maximum Gasteiger partial charge on any atom is 0.261 e. The van der Waals surface area contributed by atoms with E-state index in [1.54, 1.807) is 43.3 Å². The first kappa shape index (κ1) is 24.8. The molecule has 1 atom stereocenters. The minimum Gasteiger partial charge on any atom is -0.483 e. The predicted molar refractivity (Wildman–Crippen MR) is 124 cm³/mol. The van der Waals surface area contributed by atoms with Gasteiger partial charge in [0, 0.05) is 28.2 Å². The molecule has 2 aromatic carbocycles. The average Bonchev–Trinajstić information content (AvgIpc) is 2.70. The van der Waals surface area contributed by atoms with Crippen molar-refractivity contribution in [2.24, 2.45) is 0 Å². The van der Waals surface area contributed by atoms with Gasteiger partial charge in [-0.3, -0.25) is 9.59 Å². The molecule has 0 saturated heterocycles. The highest BCUT2D eigenvalue weighted by molar-refractivity contribution is 9.10. The van der Waals surface area contributed by atoms with Crippen molar-refractivity contribution in [3.63, 3.8) is 0 Å². The lowest BCUT2D eigenvalue weighted by molar-refractivity contribution is -0.142. The van der Waals surface area contributed by atoms with Gasteiger partial charge in [0.15, 0.2) is 6.61 Å². The van der Waals surface area contributed by atoms with Crippen LogP contribution in [0.3, 0.4) is 0 Å². The average molecular weight is 537 g/mol. The Kier molecular flexibility index (Phi) is 9.75. The summed E-state index contributed by atoms with van der Waals surface area (Å²) in [5.74, 6) is -0.134. The zero-order chi connectivity index (χ0) is 22.3. The highest BCUT2D eigenvalue weighted by atomic mass is 79.9. The monoisotopic (exact) mass is 534 g/mol. The molecule has 30 heavy (non-hydrogen) atoms. The van der Waals surface area contributed by atoms with Crippen LogP contribution in [0, 0.1) is 0 Å². The molecule has 9 heteroatoms. The van der Waals surface area contributed by atoms with E-state index < -0.39 is 6.04 Å². The van der Waals surface area contributed by atoms with Crippen molar-refractivity contribution in [2.75, 3.05) is 13.2 Å². The number of hydrogen-bond donors (Lipinski definition) is 1. The van der Waals surface area contributed by atoms with Crippen molar-refractivity contribution in [1.29, 1.82) is 0 Å². The van der Waals surface area contributed by atoms with E-state index in [0.29, 0.717) is 37.4 Å². The van der Waals surface area contributed by atoms with Gasteiger partial charge in [-0.15, -0.1) is 0 Å². The van der Waals surface area contributed by atoms with E-state index in [2.05, 4.69) is 21.2 Å². The van der Waals surface area contributed by atoms with E-state index in [9.17, 15) is 9.59 Å². The van der Waals surface area contributed by atoms with E-state index in [0.717, 1.165) is 6.42 Å². The van der Waals surface area contributed by atoms with Crippen LogP contribution in [0.5, 0.6) is 5.75 Å². The van der Waals surface area contributed by atoms with Crippen LogP contribution >= 0.6 is 50.7 Å². The van der Waals surface area contributed by atoms with Gasteiger partial charge in [0.2, 0.25) is 5.91 Å². The van der Waals surface area contributed by atoms with Crippen molar-refractivity contribution in [1.82, 2.24) is 10.2 Å². The molecule has 0 fully saturated rings. The Morgan fingerprint density at radius 3 is 2.43 bits per heavy atom. The molecule has 0 saturated carbocycles. The number of nitrogens with zero attached hydrogens (tertiary/aromatic N) is 1. The first-order valence-electron chi connectivity index (χ1n) is 9.31. The van der Waals surface area contributed by atoms with Crippen LogP contribution in [0.1, 0.15) is 25.8 Å². The number of amides is 2. The van der Waals surface area contributed by atoms with Crippen molar-refractivity contribution in [3.8, 4) is 5.75 Å². The fourth-order valence-corrected chi connectivity index (χ4v) is 3.89. The fourth-order valence-electron chi connectivity index (χ4n) is 2.63. The SMILES string of the molecule is CCCNC(=O)[C@H](C)N(Cc1ccc(Cl)cc1Cl)C(=O)COc1ccc(Cl)cc1Br. The molecule has 1 N–H and O–H groups in total. The second-order valence-corrected chi connectivity index (χ2v) is 8.72. The minimum atomic E-state index is -0.715. The van der Waals surface area contributed by atoms with Crippen molar-refractivity contribution < 1.29 is 14.3 Å². The summed E-state index contributed by atoms with van der Waals surface area (Å²) in [5.41, 5.74) is 0.678. The summed E-state index contributed by atoms with van der Waals surface area (Å²) >= 11 is 21.5. The Labute approximate surface area is 199 Å². The zero-order valence-corrected chi connectivity index (χ0v) is 20.4. The number of benzene rings is 2. The number of ether oxygens (including phenoxy) is 1. The van der Waals surface area contributed by atoms with Crippen LogP contribution in [0.4, 0.5) is 0 Å². The third-order valence-electron chi connectivity index (χ3n) is 4.32. The lowest BCUT2D eigenvalue weighted by Gasteiger charge is -2.29. The van der Waals surface area contributed by atoms with Gasteiger partial charge in [0.1, 0.15) is 11.8 Å². The van der Waals surface area contributed by atoms with Crippen LogP contribution in [-0.2, 0) is 16.1 Å². The Morgan fingerprint density at radius 2 is 1.80 bits per heavy atom. The molecule has 0 radical (unpaired) electrons. The molecule has 2 amide bonds. The van der Waals surface area contributed by atoms with Gasteiger partial charge in [0.25, 0.3) is 5.91 Å². The number of hydrogen-bond acceptors (Lipinski definition) is 3. The molecule has 0 aliphatic rings. The van der Waals surface area contributed by atoms with Crippen LogP contribution in [0.25, 0.3) is 0 Å². The van der Waals surface area contributed by atoms with Crippen LogP contribution in [0.2, 0.25) is 15.1 Å². The maximum absolute atomic E-state index is 13.0. The molecular weight excluding hydrogens is 515 g/mol. The van der Waals surface area contributed by atoms with Gasteiger partial charge in [-0.2, -0.15) is 0 Å². The van der Waals surface area contributed by atoms with Crippen LogP contribution in [-0.4, -0.2) is 35.9 Å². The summed E-state index contributed by atoms with van der Waals surface area (Å²) in [6, 6.07) is 9.31. The summed E-state index contributed by atoms with van der Waals surface area (Å²) < 4.78 is 6.28. The summed E-state index contributed by atoms with van der Waals surface area (Å²) in [4.78, 5) is 27.0. The molecule has 0 heterocycles. The molecule has 0 spiro atoms. The van der Waals surface area contributed by atoms with Crippen molar-refractivity contribution in [2.45, 2.75) is 32.9 Å². The topological polar surface area (TPSA) is 58.6 Å². The third-order valence-corrected chi connectivity index (χ3v) is 5.76. The van der Waals surface area contributed by atoms with E-state index in [1.807, 2.05) is 6.92 Å². The maximum atomic E-state index is 13.0. The normalized spacial score (nSPS) is 11.7. The number of carbonyl (C=O) groups excluding carboxylic acids is 2. The Bertz CT molecular complexity index is 911. The Balaban J connectivity index is 2.19. The second kappa shape index (κ2) is 11.8. The molecule has 0 unspecified atom stereocenters. The number of halogens is 4. The van der Waals surface area contributed by atoms with E-state index in [4.69, 9.17) is 39.5 Å². The lowest BCUT2D eigenvalue weighted by Crippen LogP contribution is -2.49. The van der Waals surface area contributed by atoms with Gasteiger partial charge >= 0.3 is 0 Å². The Morgan fingerprint density at radius 1 is 1.13 bits per heavy atom. The van der Waals surface area contributed by atoms with Gasteiger partial charge in [-0.05, 0) is 65.2 Å². The summed E-state index contributed by atoms with van der Waals surface area (Å²) in [7, 11) is 0. The second-order valence-electron chi connectivity index (χ2n) is 6.59. The fraction of sp³-hybridized carbons (Fsp3) is 0.333. The molecular formula is C21H22BrCl3N2O3. The largest absolute Gasteiger partial charge is 0.483 e. The molecule has 0 aromatic heterocycles. The molecule has 162 valence electrons. The molecule has 2 aromatic rings. The number of carbonyl (C=O) groups is 2. The quantitative estimate of drug-likeness (QED) is 0.445. The Hall–Kier alpha value is -1.47. The number of rotatable bonds is 9. The lowest BCUT2D eigenvalue weighted by atomic mass is 10.1. The molecule has 0 aliphatic carbocycles. The molecule has 2 rings (SSSR count). The van der Waals surface area contributed by atoms with Crippen LogP contribution in [0.15, 0.2) is 40.9 Å². The van der Waals surface area contributed by atoms with Gasteiger partial charge < -0.3 is 15.0 Å². The molecule has 0 bridgehead atoms. The molecule has 5 nitrogen and oxygen atoms in total. The van der Waals surface area contributed by atoms with E-state index >= 15 is 0 Å². The minimum absolute atomic E-state index is 0.140. The van der Waals surface area contributed by atoms with E-state index in [1.165, 1.54) is 4.90 Å². The summed E-state index contributed by atoms with van der Waals surface area (Å²) in [6.07, 6.45) is 0.795. The van der Waals surface area contributed by atoms with Gasteiger partial charge in [-0.1, -0.05) is 47.8 Å². The summed E-state index contributed by atoms with van der Waals surface area (Å²) in [5, 5.41) is 4.27. The van der Waals surface area contributed by atoms with Gasteiger partial charge in [0.05, 0.1) is 4.47 Å². The highest BCUT2D eigenvalue weighted by Gasteiger charge is 2.27. The van der Waals surface area contributed by atoms with Crippen LogP contribution < -0.4 is 10.1 Å². The van der Waals surface area contributed by atoms with Gasteiger partial charge in [-0.25, -0.2) is 0 Å². The summed E-state index contributed by atoms with van der Waals surface area (Å²) in [6.45, 7) is 4.04. The number of nitrogens with one attached hydrogen (secondary N) is 1. The predicted octanol–water partition coefficient (Wildman–Crippen LogP) is 5.73. The third kappa shape index (κ3) is 7.05. The smallest absolute Gasteiger partial charge is 0.261 e. The zero-order valence-electron chi connectivity index (χ0n) is 16.6. The first-order chi connectivity index (χ1) is 14.2. The molecule has 0 aliphatic heterocycles. The van der Waals surface area contributed by atoms with E-state index in [-0.39, 0.29) is 25.0 Å². The van der Waals surface area contributed by atoms with Crippen molar-refractivity contribution >= 4 is 62.5 Å². The van der Waals surface area contributed by atoms with Crippen molar-refractivity contribution in [3.05, 3.63) is 61.5 Å². The standard InChI is InChI=1S/C21H22BrCl3N2O3/c1-3-8-26-21(29)13(2)27(11-14-4-5-16(24)10-18(14)25)20(28)12-30-19-7-6-15(23)9-17(19)22/h4-7,9-10,13H,3,8,11-12H2,1-2H3,(H,26,29)/t13-/m0/s1. The highest BCUT2D eigenvalue weighted by Crippen LogP contribution is 2.28. The first-order valence-corrected chi connectivity index (χ1v) is 11.2.